The van der Waals surface area contributed by atoms with Crippen LogP contribution < -0.4 is 5.73 Å². The number of nitrogens with two attached hydrogens (primary N) is 1. The fourth-order valence-corrected chi connectivity index (χ4v) is 4.54. The second-order valence-electron chi connectivity index (χ2n) is 5.40. The maximum Gasteiger partial charge on any atom is 0.244 e. The first-order chi connectivity index (χ1) is 9.86. The topological polar surface area (TPSA) is 66.6 Å². The summed E-state index contributed by atoms with van der Waals surface area (Å²) < 4.78 is 26.7. The summed E-state index contributed by atoms with van der Waals surface area (Å²) in [5.74, 6) is 0. The van der Waals surface area contributed by atoms with E-state index in [2.05, 4.69) is 11.8 Å². The van der Waals surface area contributed by atoms with Gasteiger partial charge in [-0.3, -0.25) is 4.90 Å². The summed E-state index contributed by atoms with van der Waals surface area (Å²) in [5, 5.41) is 0.167. The number of benzene rings is 1. The standard InChI is InChI=1S/C14H22ClN3O2S/c1-3-18-8-4-5-12(18)10-17(2)21(19,20)14-7-6-11(16)9-13(14)15/h6-7,9,12H,3-5,8,10,16H2,1-2H3. The Morgan fingerprint density at radius 1 is 1.48 bits per heavy atom. The molecule has 1 atom stereocenters. The fourth-order valence-electron chi connectivity index (χ4n) is 2.81. The Morgan fingerprint density at radius 3 is 2.81 bits per heavy atom. The molecule has 5 nitrogen and oxygen atoms in total. The van der Waals surface area contributed by atoms with E-state index in [1.807, 2.05) is 0 Å². The minimum absolute atomic E-state index is 0.113. The molecule has 118 valence electrons. The molecule has 1 unspecified atom stereocenters. The molecule has 0 bridgehead atoms. The third kappa shape index (κ3) is 3.51. The molecule has 0 saturated carbocycles. The van der Waals surface area contributed by atoms with Gasteiger partial charge in [0.2, 0.25) is 10.0 Å². The number of hydrogen-bond acceptors (Lipinski definition) is 4. The molecule has 1 aromatic rings. The zero-order valence-electron chi connectivity index (χ0n) is 12.4. The number of nitrogen functional groups attached to an aromatic ring is 1. The van der Waals surface area contributed by atoms with Crippen molar-refractivity contribution in [2.45, 2.75) is 30.7 Å². The van der Waals surface area contributed by atoms with Crippen molar-refractivity contribution in [1.29, 1.82) is 0 Å². The van der Waals surface area contributed by atoms with Crippen LogP contribution >= 0.6 is 11.6 Å². The summed E-state index contributed by atoms with van der Waals surface area (Å²) in [6.45, 7) is 4.57. The first-order valence-corrected chi connectivity index (χ1v) is 8.93. The van der Waals surface area contributed by atoms with Gasteiger partial charge >= 0.3 is 0 Å². The van der Waals surface area contributed by atoms with Crippen LogP contribution in [0.1, 0.15) is 19.8 Å². The van der Waals surface area contributed by atoms with Crippen LogP contribution in [0.5, 0.6) is 0 Å². The number of likely N-dealkylation sites (tertiary alicyclic amines) is 1. The van der Waals surface area contributed by atoms with Gasteiger partial charge in [-0.15, -0.1) is 0 Å². The molecule has 1 heterocycles. The monoisotopic (exact) mass is 331 g/mol. The Balaban J connectivity index is 2.18. The van der Waals surface area contributed by atoms with Gasteiger partial charge in [0.25, 0.3) is 0 Å². The van der Waals surface area contributed by atoms with E-state index >= 15 is 0 Å². The first kappa shape index (κ1) is 16.5. The molecule has 1 aromatic carbocycles. The molecule has 0 spiro atoms. The van der Waals surface area contributed by atoms with Crippen LogP contribution in [-0.2, 0) is 10.0 Å². The third-order valence-electron chi connectivity index (χ3n) is 4.02. The zero-order valence-corrected chi connectivity index (χ0v) is 14.0. The summed E-state index contributed by atoms with van der Waals surface area (Å²) >= 11 is 6.03. The van der Waals surface area contributed by atoms with Gasteiger partial charge in [-0.1, -0.05) is 18.5 Å². The van der Waals surface area contributed by atoms with Gasteiger partial charge in [0, 0.05) is 25.3 Å². The highest BCUT2D eigenvalue weighted by atomic mass is 35.5. The number of rotatable bonds is 5. The SMILES string of the molecule is CCN1CCCC1CN(C)S(=O)(=O)c1ccc(N)cc1Cl. The lowest BCUT2D eigenvalue weighted by Crippen LogP contribution is -2.41. The third-order valence-corrected chi connectivity index (χ3v) is 6.32. The van der Waals surface area contributed by atoms with Crippen LogP contribution in [0, 0.1) is 0 Å². The molecule has 2 rings (SSSR count). The van der Waals surface area contributed by atoms with E-state index in [4.69, 9.17) is 17.3 Å². The van der Waals surface area contributed by atoms with Gasteiger partial charge in [0.05, 0.1) is 5.02 Å². The minimum atomic E-state index is -3.59. The van der Waals surface area contributed by atoms with Crippen LogP contribution in [-0.4, -0.2) is 50.3 Å². The lowest BCUT2D eigenvalue weighted by atomic mass is 10.2. The van der Waals surface area contributed by atoms with Gasteiger partial charge < -0.3 is 5.73 Å². The molecule has 7 heteroatoms. The number of likely N-dealkylation sites (N-methyl/N-ethyl adjacent to an activating group) is 2. The Kier molecular flexibility index (Phi) is 5.14. The number of halogens is 1. The number of nitrogens with zero attached hydrogens (tertiary/aromatic N) is 2. The van der Waals surface area contributed by atoms with E-state index in [0.717, 1.165) is 25.9 Å². The molecule has 1 aliphatic heterocycles. The Morgan fingerprint density at radius 2 is 2.19 bits per heavy atom. The van der Waals surface area contributed by atoms with Crippen molar-refractivity contribution in [1.82, 2.24) is 9.21 Å². The summed E-state index contributed by atoms with van der Waals surface area (Å²) in [6.07, 6.45) is 2.15. The second kappa shape index (κ2) is 6.52. The Bertz CT molecular complexity index is 606. The van der Waals surface area contributed by atoms with Crippen molar-refractivity contribution >= 4 is 27.3 Å². The van der Waals surface area contributed by atoms with Crippen LogP contribution in [0.3, 0.4) is 0 Å². The predicted octanol–water partition coefficient (Wildman–Crippen LogP) is 2.03. The van der Waals surface area contributed by atoms with Crippen LogP contribution in [0.15, 0.2) is 23.1 Å². The van der Waals surface area contributed by atoms with Gasteiger partial charge in [-0.2, -0.15) is 4.31 Å². The van der Waals surface area contributed by atoms with E-state index in [9.17, 15) is 8.42 Å². The van der Waals surface area contributed by atoms with E-state index in [-0.39, 0.29) is 16.0 Å². The van der Waals surface area contributed by atoms with Crippen molar-refractivity contribution in [2.24, 2.45) is 0 Å². The van der Waals surface area contributed by atoms with Crippen molar-refractivity contribution in [3.63, 3.8) is 0 Å². The molecule has 1 saturated heterocycles. The molecular weight excluding hydrogens is 310 g/mol. The van der Waals surface area contributed by atoms with Gasteiger partial charge in [0.1, 0.15) is 4.90 Å². The Hall–Kier alpha value is -0.820. The van der Waals surface area contributed by atoms with Crippen molar-refractivity contribution in [2.75, 3.05) is 32.4 Å². The largest absolute Gasteiger partial charge is 0.399 e. The minimum Gasteiger partial charge on any atom is -0.399 e. The highest BCUT2D eigenvalue weighted by Gasteiger charge is 2.30. The summed E-state index contributed by atoms with van der Waals surface area (Å²) in [6, 6.07) is 4.77. The molecule has 1 fully saturated rings. The van der Waals surface area contributed by atoms with Crippen molar-refractivity contribution in [3.8, 4) is 0 Å². The van der Waals surface area contributed by atoms with Crippen molar-refractivity contribution < 1.29 is 8.42 Å². The number of sulfonamides is 1. The summed E-state index contributed by atoms with van der Waals surface area (Å²) in [7, 11) is -1.98. The molecule has 0 aliphatic carbocycles. The molecule has 1 aliphatic rings. The zero-order chi connectivity index (χ0) is 15.6. The lowest BCUT2D eigenvalue weighted by molar-refractivity contribution is 0.237. The van der Waals surface area contributed by atoms with E-state index in [1.165, 1.54) is 16.4 Å². The smallest absolute Gasteiger partial charge is 0.244 e. The lowest BCUT2D eigenvalue weighted by Gasteiger charge is -2.27. The van der Waals surface area contributed by atoms with Crippen LogP contribution in [0.25, 0.3) is 0 Å². The summed E-state index contributed by atoms with van der Waals surface area (Å²) in [5.41, 5.74) is 6.07. The van der Waals surface area contributed by atoms with Gasteiger partial charge in [0.15, 0.2) is 0 Å². The maximum absolute atomic E-state index is 12.6. The summed E-state index contributed by atoms with van der Waals surface area (Å²) in [4.78, 5) is 2.43. The molecule has 0 aromatic heterocycles. The Labute approximate surface area is 131 Å². The molecule has 0 radical (unpaired) electrons. The maximum atomic E-state index is 12.6. The highest BCUT2D eigenvalue weighted by molar-refractivity contribution is 7.89. The molecule has 21 heavy (non-hydrogen) atoms. The predicted molar refractivity (Wildman–Crippen MR) is 85.9 cm³/mol. The fraction of sp³-hybridized carbons (Fsp3) is 0.571. The molecule has 0 amide bonds. The number of anilines is 1. The number of hydrogen-bond donors (Lipinski definition) is 1. The first-order valence-electron chi connectivity index (χ1n) is 7.11. The van der Waals surface area contributed by atoms with Crippen LogP contribution in [0.4, 0.5) is 5.69 Å². The average molecular weight is 332 g/mol. The molecular formula is C14H22ClN3O2S. The van der Waals surface area contributed by atoms with E-state index in [0.29, 0.717) is 12.2 Å². The van der Waals surface area contributed by atoms with E-state index in [1.54, 1.807) is 13.1 Å². The van der Waals surface area contributed by atoms with Gasteiger partial charge in [-0.05, 0) is 44.1 Å². The quantitative estimate of drug-likeness (QED) is 0.838. The normalized spacial score (nSPS) is 20.3. The molecule has 2 N–H and O–H groups in total. The second-order valence-corrected chi connectivity index (χ2v) is 7.82. The van der Waals surface area contributed by atoms with Gasteiger partial charge in [-0.25, -0.2) is 8.42 Å². The van der Waals surface area contributed by atoms with Crippen molar-refractivity contribution in [3.05, 3.63) is 23.2 Å². The van der Waals surface area contributed by atoms with E-state index < -0.39 is 10.0 Å². The highest BCUT2D eigenvalue weighted by Crippen LogP contribution is 2.27. The average Bonchev–Trinajstić information content (AvgIpc) is 2.85. The van der Waals surface area contributed by atoms with Crippen LogP contribution in [0.2, 0.25) is 5.02 Å².